The van der Waals surface area contributed by atoms with Crippen molar-refractivity contribution in [2.75, 3.05) is 30.5 Å². The molecule has 3 aromatic heterocycles. The molecule has 3 atom stereocenters. The van der Waals surface area contributed by atoms with Crippen molar-refractivity contribution >= 4 is 34.8 Å². The number of carbonyl (C=O) groups is 2. The molecule has 1 saturated carbocycles. The van der Waals surface area contributed by atoms with E-state index in [9.17, 15) is 19.5 Å². The number of aliphatic hydroxyl groups is 1. The van der Waals surface area contributed by atoms with Crippen molar-refractivity contribution in [3.05, 3.63) is 46.5 Å². The van der Waals surface area contributed by atoms with Crippen molar-refractivity contribution in [2.45, 2.75) is 83.5 Å². The van der Waals surface area contributed by atoms with Crippen LogP contribution in [0.25, 0.3) is 5.65 Å². The third-order valence-electron chi connectivity index (χ3n) is 7.76. The molecule has 2 aliphatic rings. The Hall–Kier alpha value is -3.77. The van der Waals surface area contributed by atoms with Gasteiger partial charge in [0.25, 0.3) is 5.56 Å². The van der Waals surface area contributed by atoms with E-state index in [1.165, 1.54) is 15.6 Å². The Morgan fingerprint density at radius 3 is 2.76 bits per heavy atom. The van der Waals surface area contributed by atoms with Gasteiger partial charge < -0.3 is 24.5 Å². The van der Waals surface area contributed by atoms with Crippen molar-refractivity contribution < 1.29 is 24.2 Å². The first-order valence-corrected chi connectivity index (χ1v) is 14.6. The Balaban J connectivity index is 1.52. The van der Waals surface area contributed by atoms with Gasteiger partial charge in [-0.2, -0.15) is 9.61 Å². The van der Waals surface area contributed by atoms with Crippen molar-refractivity contribution in [3.8, 4) is 0 Å². The second-order valence-electron chi connectivity index (χ2n) is 12.3. The van der Waals surface area contributed by atoms with E-state index in [1.54, 1.807) is 56.8 Å². The van der Waals surface area contributed by atoms with Crippen molar-refractivity contribution in [3.63, 3.8) is 0 Å². The molecule has 0 aromatic carbocycles. The van der Waals surface area contributed by atoms with Crippen LogP contribution >= 0.6 is 0 Å². The number of carbonyl (C=O) groups excluding carboxylic acids is 2. The Kier molecular flexibility index (Phi) is 8.65. The van der Waals surface area contributed by atoms with Gasteiger partial charge in [-0.1, -0.05) is 6.42 Å². The number of fused-ring (bicyclic) bond motifs is 1. The van der Waals surface area contributed by atoms with E-state index in [0.29, 0.717) is 36.7 Å². The molecule has 5 rings (SSSR count). The van der Waals surface area contributed by atoms with E-state index in [2.05, 4.69) is 15.4 Å². The molecule has 1 aliphatic carbocycles. The summed E-state index contributed by atoms with van der Waals surface area (Å²) in [6.45, 7) is 6.49. The highest BCUT2D eigenvalue weighted by molar-refractivity contribution is 6.02. The standard InChI is InChI=1S/C30H40N6O6/c1-30(2,3)42-29(40)34(4)26-16-25(32-23-11-6-12-35(28(23)39)20-9-7-13-41-18-20)33-27-22(17-31-36(26)27)24(38)15-19-8-5-10-21(37)14-19/h6,11-12,16-17,19-21,37H,5,7-10,13-15,18H2,1-4H3,(H,32,33)/t19-,20-,21-/m1/s1. The van der Waals surface area contributed by atoms with Gasteiger partial charge in [0.05, 0.1) is 30.5 Å². The predicted molar refractivity (Wildman–Crippen MR) is 158 cm³/mol. The minimum atomic E-state index is -0.730. The van der Waals surface area contributed by atoms with E-state index < -0.39 is 17.8 Å². The molecule has 226 valence electrons. The van der Waals surface area contributed by atoms with Gasteiger partial charge in [-0.05, 0) is 70.9 Å². The molecule has 1 saturated heterocycles. The van der Waals surface area contributed by atoms with Crippen LogP contribution in [0.2, 0.25) is 0 Å². The maximum atomic E-state index is 13.5. The number of nitrogens with zero attached hydrogens (tertiary/aromatic N) is 5. The number of ketones is 1. The summed E-state index contributed by atoms with van der Waals surface area (Å²) in [5, 5.41) is 17.6. The fourth-order valence-corrected chi connectivity index (χ4v) is 5.66. The number of rotatable bonds is 7. The lowest BCUT2D eigenvalue weighted by Crippen LogP contribution is -2.35. The van der Waals surface area contributed by atoms with Crippen LogP contribution in [0.1, 0.15) is 82.1 Å². The second kappa shape index (κ2) is 12.2. The third kappa shape index (κ3) is 6.65. The van der Waals surface area contributed by atoms with Crippen LogP contribution in [0, 0.1) is 5.92 Å². The lowest BCUT2D eigenvalue weighted by molar-refractivity contribution is 0.0580. The highest BCUT2D eigenvalue weighted by Crippen LogP contribution is 2.30. The fourth-order valence-electron chi connectivity index (χ4n) is 5.66. The van der Waals surface area contributed by atoms with Crippen molar-refractivity contribution in [1.29, 1.82) is 0 Å². The molecular formula is C30H40N6O6. The lowest BCUT2D eigenvalue weighted by atomic mass is 9.83. The minimum absolute atomic E-state index is 0.0605. The molecule has 2 N–H and O–H groups in total. The minimum Gasteiger partial charge on any atom is -0.443 e. The van der Waals surface area contributed by atoms with Crippen molar-refractivity contribution in [2.24, 2.45) is 5.92 Å². The molecular weight excluding hydrogens is 540 g/mol. The molecule has 1 amide bonds. The van der Waals surface area contributed by atoms with Gasteiger partial charge in [0, 0.05) is 32.3 Å². The summed E-state index contributed by atoms with van der Waals surface area (Å²) in [7, 11) is 1.55. The zero-order valence-electron chi connectivity index (χ0n) is 24.7. The zero-order chi connectivity index (χ0) is 30.0. The first-order chi connectivity index (χ1) is 20.0. The molecule has 12 nitrogen and oxygen atoms in total. The van der Waals surface area contributed by atoms with Gasteiger partial charge in [0.2, 0.25) is 0 Å². The number of hydrogen-bond donors (Lipinski definition) is 2. The number of Topliss-reactive ketones (excluding diaryl/α,β-unsaturated/α-hetero) is 1. The molecule has 0 spiro atoms. The van der Waals surface area contributed by atoms with Gasteiger partial charge in [0.15, 0.2) is 11.4 Å². The Bertz CT molecular complexity index is 1500. The summed E-state index contributed by atoms with van der Waals surface area (Å²) >= 11 is 0. The molecule has 2 fully saturated rings. The first-order valence-electron chi connectivity index (χ1n) is 14.6. The number of aliphatic hydroxyl groups excluding tert-OH is 1. The highest BCUT2D eigenvalue weighted by atomic mass is 16.6. The molecule has 42 heavy (non-hydrogen) atoms. The van der Waals surface area contributed by atoms with Crippen LogP contribution in [0.3, 0.4) is 0 Å². The monoisotopic (exact) mass is 580 g/mol. The molecule has 3 aromatic rings. The van der Waals surface area contributed by atoms with E-state index in [1.807, 2.05) is 0 Å². The number of amides is 1. The third-order valence-corrected chi connectivity index (χ3v) is 7.76. The summed E-state index contributed by atoms with van der Waals surface area (Å²) in [5.41, 5.74) is -0.0929. The number of nitrogens with one attached hydrogen (secondary N) is 1. The van der Waals surface area contributed by atoms with Crippen molar-refractivity contribution in [1.82, 2.24) is 19.2 Å². The average Bonchev–Trinajstić information content (AvgIpc) is 3.37. The Morgan fingerprint density at radius 1 is 1.24 bits per heavy atom. The van der Waals surface area contributed by atoms with Crippen LogP contribution in [0.4, 0.5) is 22.1 Å². The first kappa shape index (κ1) is 29.7. The van der Waals surface area contributed by atoms with E-state index in [4.69, 9.17) is 9.47 Å². The summed E-state index contributed by atoms with van der Waals surface area (Å²) in [5.74, 6) is 0.512. The normalized spacial score (nSPS) is 21.2. The summed E-state index contributed by atoms with van der Waals surface area (Å²) in [4.78, 5) is 45.9. The van der Waals surface area contributed by atoms with Gasteiger partial charge in [-0.3, -0.25) is 14.5 Å². The number of hydrogen-bond acceptors (Lipinski definition) is 9. The van der Waals surface area contributed by atoms with Gasteiger partial charge in [-0.15, -0.1) is 0 Å². The second-order valence-corrected chi connectivity index (χ2v) is 12.3. The highest BCUT2D eigenvalue weighted by Gasteiger charge is 2.28. The van der Waals surface area contributed by atoms with Gasteiger partial charge in [0.1, 0.15) is 22.9 Å². The largest absolute Gasteiger partial charge is 0.443 e. The van der Waals surface area contributed by atoms with E-state index >= 15 is 0 Å². The molecule has 12 heteroatoms. The number of pyridine rings is 1. The average molecular weight is 581 g/mol. The quantitative estimate of drug-likeness (QED) is 0.387. The maximum absolute atomic E-state index is 13.5. The van der Waals surface area contributed by atoms with Gasteiger partial charge in [-0.25, -0.2) is 9.78 Å². The summed E-state index contributed by atoms with van der Waals surface area (Å²) in [6, 6.07) is 4.99. The number of aromatic nitrogens is 4. The van der Waals surface area contributed by atoms with Crippen LogP contribution in [0.5, 0.6) is 0 Å². The molecule has 0 bridgehead atoms. The Morgan fingerprint density at radius 2 is 2.05 bits per heavy atom. The summed E-state index contributed by atoms with van der Waals surface area (Å²) < 4.78 is 14.3. The maximum Gasteiger partial charge on any atom is 0.415 e. The van der Waals surface area contributed by atoms with Crippen LogP contribution in [-0.2, 0) is 9.47 Å². The number of anilines is 3. The van der Waals surface area contributed by atoms with Crippen LogP contribution in [-0.4, -0.2) is 68.1 Å². The summed E-state index contributed by atoms with van der Waals surface area (Å²) in [6.07, 6.45) is 7.30. The topological polar surface area (TPSA) is 140 Å². The van der Waals surface area contributed by atoms with Crippen LogP contribution in [0.15, 0.2) is 35.4 Å². The van der Waals surface area contributed by atoms with Crippen LogP contribution < -0.4 is 15.8 Å². The zero-order valence-corrected chi connectivity index (χ0v) is 24.7. The Labute approximate surface area is 244 Å². The SMILES string of the molecule is CN(C(=O)OC(C)(C)C)c1cc(Nc2cccn([C@@H]3CCCOC3)c2=O)nc2c(C(=O)C[C@@H]3CCC[C@@H](O)C3)cnn12. The fraction of sp³-hybridized carbons (Fsp3) is 0.567. The lowest BCUT2D eigenvalue weighted by Gasteiger charge is -2.25. The molecule has 1 aliphatic heterocycles. The van der Waals surface area contributed by atoms with E-state index in [-0.39, 0.29) is 41.2 Å². The van der Waals surface area contributed by atoms with E-state index in [0.717, 1.165) is 32.1 Å². The molecule has 0 unspecified atom stereocenters. The smallest absolute Gasteiger partial charge is 0.415 e. The molecule has 0 radical (unpaired) electrons. The predicted octanol–water partition coefficient (Wildman–Crippen LogP) is 4.48. The molecule has 4 heterocycles. The number of ether oxygens (including phenoxy) is 2. The van der Waals surface area contributed by atoms with Gasteiger partial charge >= 0.3 is 6.09 Å².